The number of ether oxygens (including phenoxy) is 5. The van der Waals surface area contributed by atoms with Gasteiger partial charge >= 0.3 is 0 Å². The van der Waals surface area contributed by atoms with E-state index in [9.17, 15) is 9.90 Å². The van der Waals surface area contributed by atoms with Crippen LogP contribution in [-0.4, -0.2) is 83.4 Å². The van der Waals surface area contributed by atoms with Gasteiger partial charge in [0.25, 0.3) is 0 Å². The number of nitrogens with one attached hydrogen (secondary N) is 1. The number of hydrogen-bond donors (Lipinski definition) is 2. The number of benzene rings is 1. The predicted molar refractivity (Wildman–Crippen MR) is 203 cm³/mol. The SMILES string of the molecule is C[Si](C)(C)CCOCn1cc(-c2ccc3ncc(OC4CCCCO4)cc3c2)c2c(OCc3cncc(OCCO)c3)nc(C3(CNC=O)CC3)nc21. The Hall–Kier alpha value is -4.63. The Morgan fingerprint density at radius 2 is 1.94 bits per heavy atom. The van der Waals surface area contributed by atoms with Gasteiger partial charge in [0.2, 0.25) is 12.3 Å². The normalized spacial score (nSPS) is 16.8. The van der Waals surface area contributed by atoms with Gasteiger partial charge in [-0.15, -0.1) is 0 Å². The molecule has 280 valence electrons. The van der Waals surface area contributed by atoms with E-state index in [1.165, 1.54) is 0 Å². The summed E-state index contributed by atoms with van der Waals surface area (Å²) in [5.41, 5.74) is 3.74. The molecule has 53 heavy (non-hydrogen) atoms. The summed E-state index contributed by atoms with van der Waals surface area (Å²) in [6.07, 6.45) is 12.2. The van der Waals surface area contributed by atoms with E-state index in [0.29, 0.717) is 55.3 Å². The van der Waals surface area contributed by atoms with Gasteiger partial charge in [0.1, 0.15) is 42.9 Å². The van der Waals surface area contributed by atoms with Gasteiger partial charge in [0, 0.05) is 62.0 Å². The number of hydrogen-bond acceptors (Lipinski definition) is 11. The topological polar surface area (TPSA) is 152 Å². The van der Waals surface area contributed by atoms with Crippen LogP contribution in [0.5, 0.6) is 17.4 Å². The average Bonchev–Trinajstić information content (AvgIpc) is 3.87. The molecule has 1 atom stereocenters. The van der Waals surface area contributed by atoms with Gasteiger partial charge in [0.05, 0.1) is 36.5 Å². The number of carbonyl (C=O) groups is 1. The van der Waals surface area contributed by atoms with Gasteiger partial charge in [-0.05, 0) is 61.6 Å². The number of fused-ring (bicyclic) bond motifs is 2. The lowest BCUT2D eigenvalue weighted by molar-refractivity contribution is -0.109. The van der Waals surface area contributed by atoms with Crippen LogP contribution in [-0.2, 0) is 33.0 Å². The number of amides is 1. The van der Waals surface area contributed by atoms with E-state index in [2.05, 4.69) is 47.2 Å². The van der Waals surface area contributed by atoms with Crippen LogP contribution in [0.25, 0.3) is 33.1 Å². The second-order valence-corrected chi connectivity index (χ2v) is 20.7. The van der Waals surface area contributed by atoms with Crippen LogP contribution in [0.1, 0.15) is 43.5 Å². The minimum atomic E-state index is -1.31. The fourth-order valence-corrected chi connectivity index (χ4v) is 7.21. The van der Waals surface area contributed by atoms with Crippen LogP contribution in [0.15, 0.2) is 55.1 Å². The molecule has 2 fully saturated rings. The third kappa shape index (κ3) is 8.95. The molecule has 14 heteroatoms. The molecule has 1 aliphatic heterocycles. The van der Waals surface area contributed by atoms with Crippen molar-refractivity contribution in [1.29, 1.82) is 0 Å². The molecule has 1 saturated heterocycles. The molecule has 1 amide bonds. The summed E-state index contributed by atoms with van der Waals surface area (Å²) in [5, 5.41) is 13.8. The number of carbonyl (C=O) groups excluding carboxylic acids is 1. The summed E-state index contributed by atoms with van der Waals surface area (Å²) in [5.74, 6) is 2.24. The molecule has 0 bridgehead atoms. The summed E-state index contributed by atoms with van der Waals surface area (Å²) in [6.45, 7) is 9.32. The number of aliphatic hydroxyl groups excluding tert-OH is 1. The summed E-state index contributed by atoms with van der Waals surface area (Å²) in [6, 6.07) is 11.0. The van der Waals surface area contributed by atoms with Gasteiger partial charge in [-0.1, -0.05) is 25.7 Å². The quantitative estimate of drug-likeness (QED) is 0.0620. The Bertz CT molecular complexity index is 2040. The summed E-state index contributed by atoms with van der Waals surface area (Å²) < 4.78 is 32.5. The first kappa shape index (κ1) is 36.7. The molecule has 4 aromatic heterocycles. The van der Waals surface area contributed by atoms with Gasteiger partial charge in [-0.25, -0.2) is 4.98 Å². The van der Waals surface area contributed by atoms with E-state index in [1.54, 1.807) is 18.6 Å². The molecular weight excluding hydrogens is 693 g/mol. The molecule has 5 aromatic rings. The highest BCUT2D eigenvalue weighted by Crippen LogP contribution is 2.48. The first-order valence-corrected chi connectivity index (χ1v) is 22.1. The molecular formula is C39H48N6O7Si. The molecule has 13 nitrogen and oxygen atoms in total. The molecule has 7 rings (SSSR count). The minimum absolute atomic E-state index is 0.0984. The van der Waals surface area contributed by atoms with Gasteiger partial charge < -0.3 is 38.7 Å². The second kappa shape index (κ2) is 16.2. The Balaban J connectivity index is 1.30. The minimum Gasteiger partial charge on any atom is -0.490 e. The van der Waals surface area contributed by atoms with Crippen molar-refractivity contribution >= 4 is 36.4 Å². The maximum Gasteiger partial charge on any atom is 0.227 e. The molecule has 2 aliphatic rings. The van der Waals surface area contributed by atoms with Crippen LogP contribution >= 0.6 is 0 Å². The Morgan fingerprint density at radius 1 is 1.06 bits per heavy atom. The average molecular weight is 741 g/mol. The summed E-state index contributed by atoms with van der Waals surface area (Å²) >= 11 is 0. The van der Waals surface area contributed by atoms with Crippen LogP contribution in [0, 0.1) is 0 Å². The van der Waals surface area contributed by atoms with Crippen LogP contribution < -0.4 is 19.5 Å². The van der Waals surface area contributed by atoms with Crippen molar-refractivity contribution < 1.29 is 33.6 Å². The second-order valence-electron chi connectivity index (χ2n) is 15.1. The highest BCUT2D eigenvalue weighted by atomic mass is 28.3. The van der Waals surface area contributed by atoms with E-state index >= 15 is 0 Å². The Labute approximate surface area is 310 Å². The molecule has 0 radical (unpaired) electrons. The monoisotopic (exact) mass is 740 g/mol. The molecule has 2 N–H and O–H groups in total. The molecule has 1 saturated carbocycles. The van der Waals surface area contributed by atoms with Crippen molar-refractivity contribution in [2.75, 3.05) is 33.0 Å². The number of aliphatic hydroxyl groups is 1. The first-order valence-electron chi connectivity index (χ1n) is 18.4. The van der Waals surface area contributed by atoms with Gasteiger partial charge in [-0.2, -0.15) is 4.98 Å². The van der Waals surface area contributed by atoms with Gasteiger partial charge in [0.15, 0.2) is 6.29 Å². The van der Waals surface area contributed by atoms with Crippen molar-refractivity contribution in [3.63, 3.8) is 0 Å². The molecule has 1 unspecified atom stereocenters. The fourth-order valence-electron chi connectivity index (χ4n) is 6.46. The Morgan fingerprint density at radius 3 is 2.72 bits per heavy atom. The van der Waals surface area contributed by atoms with Crippen molar-refractivity contribution in [3.05, 3.63) is 66.5 Å². The molecule has 5 heterocycles. The van der Waals surface area contributed by atoms with Crippen LogP contribution in [0.2, 0.25) is 25.7 Å². The van der Waals surface area contributed by atoms with E-state index < -0.39 is 8.07 Å². The van der Waals surface area contributed by atoms with E-state index in [4.69, 9.17) is 33.7 Å². The standard InChI is InChI=1S/C39H48N6O7Si/c1-53(2,3)15-14-48-26-45-22-32(28-7-8-33-29(17-28)18-31(21-42-33)52-34-6-4-5-12-50-34)35-36(45)43-38(39(9-10-39)24-41-25-47)44-37(35)51-23-27-16-30(20-40-19-27)49-13-11-46/h7-8,16-22,25,34,46H,4-6,9-15,23-24,26H2,1-3H3,(H,41,47). The van der Waals surface area contributed by atoms with Gasteiger partial charge in [-0.3, -0.25) is 14.8 Å². The number of aromatic nitrogens is 5. The van der Waals surface area contributed by atoms with Crippen LogP contribution in [0.4, 0.5) is 0 Å². The molecule has 0 spiro atoms. The lowest BCUT2D eigenvalue weighted by Crippen LogP contribution is -2.28. The van der Waals surface area contributed by atoms with Crippen molar-refractivity contribution in [2.24, 2.45) is 0 Å². The van der Waals surface area contributed by atoms with E-state index in [1.807, 2.05) is 28.8 Å². The summed E-state index contributed by atoms with van der Waals surface area (Å²) in [4.78, 5) is 30.6. The van der Waals surface area contributed by atoms with E-state index in [-0.39, 0.29) is 31.5 Å². The number of nitrogens with zero attached hydrogens (tertiary/aromatic N) is 5. The largest absolute Gasteiger partial charge is 0.490 e. The summed E-state index contributed by atoms with van der Waals surface area (Å²) in [7, 11) is -1.31. The highest BCUT2D eigenvalue weighted by Gasteiger charge is 2.47. The zero-order valence-corrected chi connectivity index (χ0v) is 31.7. The lowest BCUT2D eigenvalue weighted by Gasteiger charge is -2.23. The lowest BCUT2D eigenvalue weighted by atomic mass is 10.0. The first-order chi connectivity index (χ1) is 25.7. The smallest absolute Gasteiger partial charge is 0.227 e. The third-order valence-corrected chi connectivity index (χ3v) is 11.3. The Kier molecular flexibility index (Phi) is 11.2. The van der Waals surface area contributed by atoms with Crippen LogP contribution in [0.3, 0.4) is 0 Å². The van der Waals surface area contributed by atoms with E-state index in [0.717, 1.165) is 77.5 Å². The zero-order valence-electron chi connectivity index (χ0n) is 30.7. The number of pyridine rings is 2. The van der Waals surface area contributed by atoms with Crippen molar-refractivity contribution in [2.45, 2.75) is 82.8 Å². The third-order valence-electron chi connectivity index (χ3n) is 9.64. The predicted octanol–water partition coefficient (Wildman–Crippen LogP) is 5.99. The number of rotatable bonds is 18. The maximum absolute atomic E-state index is 11.3. The van der Waals surface area contributed by atoms with Crippen molar-refractivity contribution in [3.8, 4) is 28.5 Å². The van der Waals surface area contributed by atoms with Crippen molar-refractivity contribution in [1.82, 2.24) is 29.8 Å². The molecule has 1 aliphatic carbocycles. The molecule has 1 aromatic carbocycles. The fraction of sp³-hybridized carbons (Fsp3) is 0.462. The maximum atomic E-state index is 11.3. The zero-order chi connectivity index (χ0) is 36.8. The highest BCUT2D eigenvalue weighted by molar-refractivity contribution is 6.76.